The summed E-state index contributed by atoms with van der Waals surface area (Å²) in [6, 6.07) is 9.20. The van der Waals surface area contributed by atoms with E-state index in [9.17, 15) is 31.1 Å². The molecule has 0 spiro atoms. The number of ether oxygens (including phenoxy) is 1. The summed E-state index contributed by atoms with van der Waals surface area (Å²) in [5.74, 6) is 0.218. The zero-order valence-corrected chi connectivity index (χ0v) is 15.8. The van der Waals surface area contributed by atoms with Crippen LogP contribution in [0, 0.1) is 6.92 Å². The van der Waals surface area contributed by atoms with Crippen LogP contribution < -0.4 is 10.1 Å². The lowest BCUT2D eigenvalue weighted by molar-refractivity contribution is -0.141. The van der Waals surface area contributed by atoms with E-state index in [1.54, 1.807) is 13.0 Å². The smallest absolute Gasteiger partial charge is 0.408 e. The molecule has 1 heterocycles. The van der Waals surface area contributed by atoms with Gasteiger partial charge in [0.15, 0.2) is 5.75 Å². The second-order valence-electron chi connectivity index (χ2n) is 6.43. The first-order valence-corrected chi connectivity index (χ1v) is 8.74. The maximum Gasteiger partial charge on any atom is 0.417 e. The molecule has 1 aromatic heterocycles. The molecular formula is C21H14F6N2O2. The molecule has 0 aliphatic rings. The van der Waals surface area contributed by atoms with Gasteiger partial charge in [0, 0.05) is 11.9 Å². The molecule has 0 unspecified atom stereocenters. The summed E-state index contributed by atoms with van der Waals surface area (Å²) in [4.78, 5) is 16.0. The van der Waals surface area contributed by atoms with Crippen molar-refractivity contribution in [1.29, 1.82) is 0 Å². The molecule has 10 heteroatoms. The summed E-state index contributed by atoms with van der Waals surface area (Å²) >= 11 is 0. The number of carbonyl (C=O) groups is 1. The number of hydrogen-bond acceptors (Lipinski definition) is 3. The molecule has 1 amide bonds. The van der Waals surface area contributed by atoms with E-state index < -0.39 is 35.1 Å². The molecule has 1 N–H and O–H groups in total. The van der Waals surface area contributed by atoms with Gasteiger partial charge in [0.05, 0.1) is 16.8 Å². The SMILES string of the molecule is Cc1ncccc1OC(=O)Nc1ccc(-c2cc(C(F)(F)F)ccc2C(F)(F)F)cc1. The van der Waals surface area contributed by atoms with Crippen LogP contribution in [-0.2, 0) is 12.4 Å². The van der Waals surface area contributed by atoms with Crippen molar-refractivity contribution in [1.82, 2.24) is 4.98 Å². The summed E-state index contributed by atoms with van der Waals surface area (Å²) in [5, 5.41) is 2.39. The summed E-state index contributed by atoms with van der Waals surface area (Å²) in [7, 11) is 0. The van der Waals surface area contributed by atoms with Crippen molar-refractivity contribution in [2.24, 2.45) is 0 Å². The van der Waals surface area contributed by atoms with Crippen LogP contribution in [0.3, 0.4) is 0 Å². The Kier molecular flexibility index (Phi) is 5.92. The van der Waals surface area contributed by atoms with Gasteiger partial charge in [-0.2, -0.15) is 26.3 Å². The van der Waals surface area contributed by atoms with E-state index in [4.69, 9.17) is 4.74 Å². The Bertz CT molecular complexity index is 1090. The number of aromatic nitrogens is 1. The van der Waals surface area contributed by atoms with E-state index in [1.165, 1.54) is 36.5 Å². The minimum absolute atomic E-state index is 0.0968. The zero-order valence-electron chi connectivity index (χ0n) is 15.8. The first-order chi connectivity index (χ1) is 14.4. The minimum Gasteiger partial charge on any atom is -0.408 e. The van der Waals surface area contributed by atoms with Crippen molar-refractivity contribution in [3.8, 4) is 16.9 Å². The fourth-order valence-electron chi connectivity index (χ4n) is 2.76. The van der Waals surface area contributed by atoms with E-state index in [0.717, 1.165) is 0 Å². The number of hydrogen-bond donors (Lipinski definition) is 1. The summed E-state index contributed by atoms with van der Waals surface area (Å²) in [6.45, 7) is 1.63. The van der Waals surface area contributed by atoms with Gasteiger partial charge in [-0.25, -0.2) is 4.79 Å². The Labute approximate surface area is 172 Å². The van der Waals surface area contributed by atoms with Crippen LogP contribution in [0.15, 0.2) is 60.8 Å². The minimum atomic E-state index is -4.85. The largest absolute Gasteiger partial charge is 0.417 e. The number of nitrogens with one attached hydrogen (secondary N) is 1. The van der Waals surface area contributed by atoms with Crippen molar-refractivity contribution in [2.45, 2.75) is 19.3 Å². The van der Waals surface area contributed by atoms with Crippen LogP contribution in [0.25, 0.3) is 11.1 Å². The number of alkyl halides is 6. The standard InChI is InChI=1S/C21H14F6N2O2/c1-12-18(3-2-10-28-12)31-19(30)29-15-7-4-13(5-8-15)16-11-14(20(22,23)24)6-9-17(16)21(25,26)27/h2-11H,1H3,(H,29,30). The van der Waals surface area contributed by atoms with Gasteiger partial charge in [-0.15, -0.1) is 0 Å². The van der Waals surface area contributed by atoms with Gasteiger partial charge in [-0.3, -0.25) is 10.3 Å². The monoisotopic (exact) mass is 440 g/mol. The molecule has 3 rings (SSSR count). The van der Waals surface area contributed by atoms with Crippen LogP contribution >= 0.6 is 0 Å². The maximum atomic E-state index is 13.3. The van der Waals surface area contributed by atoms with E-state index >= 15 is 0 Å². The van der Waals surface area contributed by atoms with Gasteiger partial charge in [-0.05, 0) is 60.5 Å². The highest BCUT2D eigenvalue weighted by molar-refractivity contribution is 5.87. The van der Waals surface area contributed by atoms with Crippen LogP contribution in [0.4, 0.5) is 36.8 Å². The topological polar surface area (TPSA) is 51.2 Å². The summed E-state index contributed by atoms with van der Waals surface area (Å²) < 4.78 is 83.9. The van der Waals surface area contributed by atoms with Gasteiger partial charge in [-0.1, -0.05) is 12.1 Å². The molecule has 162 valence electrons. The van der Waals surface area contributed by atoms with Crippen molar-refractivity contribution in [2.75, 3.05) is 5.32 Å². The molecule has 0 radical (unpaired) electrons. The van der Waals surface area contributed by atoms with Crippen LogP contribution in [0.2, 0.25) is 0 Å². The first-order valence-electron chi connectivity index (χ1n) is 8.74. The van der Waals surface area contributed by atoms with Gasteiger partial charge in [0.25, 0.3) is 0 Å². The zero-order chi connectivity index (χ0) is 22.8. The highest BCUT2D eigenvalue weighted by atomic mass is 19.4. The Hall–Kier alpha value is -3.56. The van der Waals surface area contributed by atoms with Gasteiger partial charge in [0.2, 0.25) is 0 Å². The lowest BCUT2D eigenvalue weighted by Gasteiger charge is -2.16. The van der Waals surface area contributed by atoms with E-state index in [1.807, 2.05) is 0 Å². The average Bonchev–Trinajstić information content (AvgIpc) is 2.68. The second-order valence-corrected chi connectivity index (χ2v) is 6.43. The summed E-state index contributed by atoms with van der Waals surface area (Å²) in [6.07, 6.45) is -8.99. The molecule has 0 saturated heterocycles. The van der Waals surface area contributed by atoms with E-state index in [0.29, 0.717) is 23.9 Å². The molecule has 3 aromatic rings. The molecule has 0 saturated carbocycles. The lowest BCUT2D eigenvalue weighted by Crippen LogP contribution is -2.17. The van der Waals surface area contributed by atoms with E-state index in [-0.39, 0.29) is 17.0 Å². The van der Waals surface area contributed by atoms with Crippen molar-refractivity contribution in [3.05, 3.63) is 77.6 Å². The Morgan fingerprint density at radius 3 is 2.19 bits per heavy atom. The van der Waals surface area contributed by atoms with Crippen molar-refractivity contribution in [3.63, 3.8) is 0 Å². The molecule has 0 bridgehead atoms. The number of nitrogens with zero attached hydrogens (tertiary/aromatic N) is 1. The average molecular weight is 440 g/mol. The van der Waals surface area contributed by atoms with Crippen molar-refractivity contribution < 1.29 is 35.9 Å². The number of anilines is 1. The second kappa shape index (κ2) is 8.29. The Morgan fingerprint density at radius 1 is 0.935 bits per heavy atom. The third kappa shape index (κ3) is 5.33. The quantitative estimate of drug-likeness (QED) is 0.461. The highest BCUT2D eigenvalue weighted by Crippen LogP contribution is 2.40. The van der Waals surface area contributed by atoms with Crippen LogP contribution in [0.1, 0.15) is 16.8 Å². The maximum absolute atomic E-state index is 13.3. The molecular weight excluding hydrogens is 426 g/mol. The third-order valence-corrected chi connectivity index (χ3v) is 4.26. The number of halogens is 6. The molecule has 0 aliphatic heterocycles. The number of benzene rings is 2. The molecule has 0 atom stereocenters. The highest BCUT2D eigenvalue weighted by Gasteiger charge is 2.37. The van der Waals surface area contributed by atoms with Gasteiger partial charge < -0.3 is 4.74 Å². The van der Waals surface area contributed by atoms with Gasteiger partial charge in [0.1, 0.15) is 0 Å². The number of amides is 1. The molecule has 0 fully saturated rings. The number of aryl methyl sites for hydroxylation is 1. The fraction of sp³-hybridized carbons (Fsp3) is 0.143. The lowest BCUT2D eigenvalue weighted by atomic mass is 9.96. The third-order valence-electron chi connectivity index (χ3n) is 4.26. The molecule has 4 nitrogen and oxygen atoms in total. The van der Waals surface area contributed by atoms with Crippen LogP contribution in [0.5, 0.6) is 5.75 Å². The van der Waals surface area contributed by atoms with Gasteiger partial charge >= 0.3 is 18.4 Å². The molecule has 2 aromatic carbocycles. The number of rotatable bonds is 3. The van der Waals surface area contributed by atoms with Crippen molar-refractivity contribution >= 4 is 11.8 Å². The predicted molar refractivity (Wildman–Crippen MR) is 101 cm³/mol. The van der Waals surface area contributed by atoms with Crippen LogP contribution in [-0.4, -0.2) is 11.1 Å². The van der Waals surface area contributed by atoms with E-state index in [2.05, 4.69) is 10.3 Å². The first kappa shape index (κ1) is 22.1. The fourth-order valence-corrected chi connectivity index (χ4v) is 2.76. The Morgan fingerprint density at radius 2 is 1.61 bits per heavy atom. The number of carbonyl (C=O) groups excluding carboxylic acids is 1. The number of pyridine rings is 1. The molecule has 31 heavy (non-hydrogen) atoms. The predicted octanol–water partition coefficient (Wildman–Crippen LogP) is 6.71. The Balaban J connectivity index is 1.85. The normalized spacial score (nSPS) is 11.8. The summed E-state index contributed by atoms with van der Waals surface area (Å²) in [5.41, 5.74) is -2.48. The molecule has 0 aliphatic carbocycles.